The molecule has 0 N–H and O–H groups in total. The molecule has 1 aliphatic rings. The molecular formula is C17H24ClNO2. The molecule has 0 unspecified atom stereocenters. The minimum absolute atomic E-state index is 0.0963. The summed E-state index contributed by atoms with van der Waals surface area (Å²) >= 11 is 5.79. The summed E-state index contributed by atoms with van der Waals surface area (Å²) in [6.07, 6.45) is 4.37. The number of ether oxygens (including phenoxy) is 1. The van der Waals surface area contributed by atoms with Crippen LogP contribution in [0, 0.1) is 0 Å². The van der Waals surface area contributed by atoms with Gasteiger partial charge >= 0.3 is 0 Å². The predicted molar refractivity (Wildman–Crippen MR) is 86.2 cm³/mol. The van der Waals surface area contributed by atoms with E-state index in [4.69, 9.17) is 16.3 Å². The Bertz CT molecular complexity index is 472. The van der Waals surface area contributed by atoms with Gasteiger partial charge in [-0.3, -0.25) is 4.79 Å². The van der Waals surface area contributed by atoms with E-state index in [1.807, 2.05) is 43.0 Å². The summed E-state index contributed by atoms with van der Waals surface area (Å²) in [5.41, 5.74) is 0.703. The van der Waals surface area contributed by atoms with Crippen LogP contribution in [0.3, 0.4) is 0 Å². The van der Waals surface area contributed by atoms with Gasteiger partial charge in [0.25, 0.3) is 5.91 Å². The Balaban J connectivity index is 2.11. The molecular weight excluding hydrogens is 286 g/mol. The molecule has 0 atom stereocenters. The maximum atomic E-state index is 12.8. The maximum absolute atomic E-state index is 12.8. The highest BCUT2D eigenvalue weighted by Crippen LogP contribution is 2.27. The van der Waals surface area contributed by atoms with Crippen molar-refractivity contribution < 1.29 is 9.53 Å². The molecule has 1 saturated carbocycles. The zero-order valence-corrected chi connectivity index (χ0v) is 13.6. The van der Waals surface area contributed by atoms with Gasteiger partial charge in [0.15, 0.2) is 0 Å². The van der Waals surface area contributed by atoms with Crippen molar-refractivity contribution in [2.45, 2.75) is 51.7 Å². The van der Waals surface area contributed by atoms with Gasteiger partial charge in [-0.05, 0) is 57.7 Å². The first-order valence-electron chi connectivity index (χ1n) is 7.75. The molecule has 21 heavy (non-hydrogen) atoms. The van der Waals surface area contributed by atoms with E-state index in [1.165, 1.54) is 6.42 Å². The van der Waals surface area contributed by atoms with Crippen molar-refractivity contribution in [3.05, 3.63) is 29.8 Å². The Morgan fingerprint density at radius 1 is 1.43 bits per heavy atom. The number of hydrogen-bond acceptors (Lipinski definition) is 2. The molecule has 1 aliphatic carbocycles. The van der Waals surface area contributed by atoms with E-state index < -0.39 is 0 Å². The number of hydrogen-bond donors (Lipinski definition) is 0. The molecule has 1 amide bonds. The van der Waals surface area contributed by atoms with Crippen LogP contribution in [0.15, 0.2) is 24.3 Å². The fourth-order valence-corrected chi connectivity index (χ4v) is 2.64. The zero-order chi connectivity index (χ0) is 15.2. The Labute approximate surface area is 132 Å². The first-order chi connectivity index (χ1) is 10.1. The second kappa shape index (κ2) is 7.69. The standard InChI is InChI=1S/C17H24ClNO2/c1-13(2)21-16-9-3-6-14(12-16)17(20)19(11-5-10-18)15-7-4-8-15/h3,6,9,12-13,15H,4-5,7-8,10-11H2,1-2H3. The van der Waals surface area contributed by atoms with Crippen LogP contribution in [-0.2, 0) is 0 Å². The minimum atomic E-state index is 0.0963. The smallest absolute Gasteiger partial charge is 0.254 e. The number of alkyl halides is 1. The summed E-state index contributed by atoms with van der Waals surface area (Å²) in [5.74, 6) is 1.44. The molecule has 3 nitrogen and oxygen atoms in total. The molecule has 0 spiro atoms. The lowest BCUT2D eigenvalue weighted by atomic mass is 9.91. The number of carbonyl (C=O) groups excluding carboxylic acids is 1. The summed E-state index contributed by atoms with van der Waals surface area (Å²) in [6.45, 7) is 4.70. The van der Waals surface area contributed by atoms with Crippen molar-refractivity contribution in [1.82, 2.24) is 4.90 Å². The molecule has 0 saturated heterocycles. The van der Waals surface area contributed by atoms with E-state index in [2.05, 4.69) is 0 Å². The normalized spacial score (nSPS) is 14.9. The highest BCUT2D eigenvalue weighted by Gasteiger charge is 2.29. The van der Waals surface area contributed by atoms with Gasteiger partial charge in [0.1, 0.15) is 5.75 Å². The monoisotopic (exact) mass is 309 g/mol. The average Bonchev–Trinajstić information content (AvgIpc) is 2.40. The fourth-order valence-electron chi connectivity index (χ4n) is 2.52. The van der Waals surface area contributed by atoms with E-state index in [0.29, 0.717) is 17.5 Å². The molecule has 116 valence electrons. The van der Waals surface area contributed by atoms with Crippen LogP contribution >= 0.6 is 11.6 Å². The number of nitrogens with zero attached hydrogens (tertiary/aromatic N) is 1. The Morgan fingerprint density at radius 2 is 2.19 bits per heavy atom. The molecule has 0 heterocycles. The van der Waals surface area contributed by atoms with Crippen LogP contribution in [0.4, 0.5) is 0 Å². The Kier molecular flexibility index (Phi) is 5.92. The van der Waals surface area contributed by atoms with Crippen molar-refractivity contribution in [3.8, 4) is 5.75 Å². The van der Waals surface area contributed by atoms with E-state index in [1.54, 1.807) is 0 Å². The highest BCUT2D eigenvalue weighted by molar-refractivity contribution is 6.17. The van der Waals surface area contributed by atoms with Crippen molar-refractivity contribution in [2.75, 3.05) is 12.4 Å². The van der Waals surface area contributed by atoms with Gasteiger partial charge in [0.05, 0.1) is 6.10 Å². The second-order valence-electron chi connectivity index (χ2n) is 5.82. The van der Waals surface area contributed by atoms with Gasteiger partial charge in [-0.2, -0.15) is 0 Å². The number of carbonyl (C=O) groups is 1. The van der Waals surface area contributed by atoms with E-state index in [9.17, 15) is 4.79 Å². The van der Waals surface area contributed by atoms with Crippen LogP contribution in [0.2, 0.25) is 0 Å². The SMILES string of the molecule is CC(C)Oc1cccc(C(=O)N(CCCCl)C2CCC2)c1. The van der Waals surface area contributed by atoms with Gasteiger partial charge in [-0.25, -0.2) is 0 Å². The molecule has 0 bridgehead atoms. The topological polar surface area (TPSA) is 29.5 Å². The number of halogens is 1. The Morgan fingerprint density at radius 3 is 2.76 bits per heavy atom. The van der Waals surface area contributed by atoms with Gasteiger partial charge < -0.3 is 9.64 Å². The molecule has 4 heteroatoms. The fraction of sp³-hybridized carbons (Fsp3) is 0.588. The zero-order valence-electron chi connectivity index (χ0n) is 12.8. The molecule has 0 aliphatic heterocycles. The molecule has 1 fully saturated rings. The molecule has 1 aromatic carbocycles. The van der Waals surface area contributed by atoms with E-state index in [0.717, 1.165) is 31.6 Å². The van der Waals surface area contributed by atoms with Gasteiger partial charge in [-0.1, -0.05) is 6.07 Å². The lowest BCUT2D eigenvalue weighted by Crippen LogP contribution is -2.44. The molecule has 0 aromatic heterocycles. The second-order valence-corrected chi connectivity index (χ2v) is 6.20. The minimum Gasteiger partial charge on any atom is -0.491 e. The number of benzene rings is 1. The average molecular weight is 310 g/mol. The largest absolute Gasteiger partial charge is 0.491 e. The third-order valence-electron chi connectivity index (χ3n) is 3.76. The summed E-state index contributed by atoms with van der Waals surface area (Å²) in [7, 11) is 0. The predicted octanol–water partition coefficient (Wildman–Crippen LogP) is 4.10. The van der Waals surface area contributed by atoms with Crippen molar-refractivity contribution in [3.63, 3.8) is 0 Å². The highest BCUT2D eigenvalue weighted by atomic mass is 35.5. The van der Waals surface area contributed by atoms with Crippen molar-refractivity contribution in [1.29, 1.82) is 0 Å². The van der Waals surface area contributed by atoms with Crippen molar-refractivity contribution >= 4 is 17.5 Å². The van der Waals surface area contributed by atoms with Crippen LogP contribution in [0.25, 0.3) is 0 Å². The van der Waals surface area contributed by atoms with Crippen molar-refractivity contribution in [2.24, 2.45) is 0 Å². The summed E-state index contributed by atoms with van der Waals surface area (Å²) < 4.78 is 5.67. The molecule has 2 rings (SSSR count). The Hall–Kier alpha value is -1.22. The van der Waals surface area contributed by atoms with Gasteiger partial charge in [0, 0.05) is 24.0 Å². The third kappa shape index (κ3) is 4.37. The van der Waals surface area contributed by atoms with Gasteiger partial charge in [-0.15, -0.1) is 11.6 Å². The lowest BCUT2D eigenvalue weighted by Gasteiger charge is -2.37. The van der Waals surface area contributed by atoms with Crippen LogP contribution in [0.1, 0.15) is 49.9 Å². The van der Waals surface area contributed by atoms with E-state index >= 15 is 0 Å². The maximum Gasteiger partial charge on any atom is 0.254 e. The lowest BCUT2D eigenvalue weighted by molar-refractivity contribution is 0.0580. The molecule has 0 radical (unpaired) electrons. The van der Waals surface area contributed by atoms with Crippen LogP contribution < -0.4 is 4.74 Å². The third-order valence-corrected chi connectivity index (χ3v) is 4.03. The van der Waals surface area contributed by atoms with Gasteiger partial charge in [0.2, 0.25) is 0 Å². The number of amides is 1. The summed E-state index contributed by atoms with van der Waals surface area (Å²) in [4.78, 5) is 14.7. The molecule has 1 aromatic rings. The van der Waals surface area contributed by atoms with E-state index in [-0.39, 0.29) is 12.0 Å². The van der Waals surface area contributed by atoms with Crippen LogP contribution in [0.5, 0.6) is 5.75 Å². The summed E-state index contributed by atoms with van der Waals surface area (Å²) in [6, 6.07) is 7.86. The summed E-state index contributed by atoms with van der Waals surface area (Å²) in [5, 5.41) is 0. The number of rotatable bonds is 7. The quantitative estimate of drug-likeness (QED) is 0.710. The first kappa shape index (κ1) is 16.2. The first-order valence-corrected chi connectivity index (χ1v) is 8.29. The van der Waals surface area contributed by atoms with Crippen LogP contribution in [-0.4, -0.2) is 35.4 Å².